The molecule has 0 aliphatic carbocycles. The SMILES string of the molecule is COc1ccc([C@H]2[C@@H](O)CCN2C(=O)OC(C)(C)C)cc1OC. The number of aliphatic hydroxyl groups excluding tert-OH is 1. The van der Waals surface area contributed by atoms with Crippen LogP contribution in [0.5, 0.6) is 11.5 Å². The second-order valence-electron chi connectivity index (χ2n) is 6.59. The Morgan fingerprint density at radius 1 is 1.22 bits per heavy atom. The number of methoxy groups -OCH3 is 2. The van der Waals surface area contributed by atoms with Crippen molar-refractivity contribution in [1.82, 2.24) is 4.90 Å². The molecule has 0 radical (unpaired) electrons. The molecule has 0 saturated carbocycles. The predicted molar refractivity (Wildman–Crippen MR) is 85.9 cm³/mol. The minimum Gasteiger partial charge on any atom is -0.493 e. The average Bonchev–Trinajstić information content (AvgIpc) is 2.86. The Morgan fingerprint density at radius 2 is 1.87 bits per heavy atom. The molecule has 1 aliphatic rings. The van der Waals surface area contributed by atoms with E-state index < -0.39 is 23.8 Å². The van der Waals surface area contributed by atoms with Gasteiger partial charge < -0.3 is 19.3 Å². The smallest absolute Gasteiger partial charge is 0.410 e. The van der Waals surface area contributed by atoms with Crippen molar-refractivity contribution in [2.45, 2.75) is 44.9 Å². The van der Waals surface area contributed by atoms with Crippen molar-refractivity contribution in [1.29, 1.82) is 0 Å². The lowest BCUT2D eigenvalue weighted by Gasteiger charge is -2.30. The number of likely N-dealkylation sites (tertiary alicyclic amines) is 1. The van der Waals surface area contributed by atoms with Gasteiger partial charge in [-0.15, -0.1) is 0 Å². The van der Waals surface area contributed by atoms with Crippen molar-refractivity contribution in [2.75, 3.05) is 20.8 Å². The summed E-state index contributed by atoms with van der Waals surface area (Å²) in [7, 11) is 3.12. The van der Waals surface area contributed by atoms with Crippen LogP contribution < -0.4 is 9.47 Å². The maximum absolute atomic E-state index is 12.4. The van der Waals surface area contributed by atoms with E-state index in [1.165, 1.54) is 0 Å². The van der Waals surface area contributed by atoms with Crippen LogP contribution >= 0.6 is 0 Å². The van der Waals surface area contributed by atoms with Crippen molar-refractivity contribution in [3.63, 3.8) is 0 Å². The summed E-state index contributed by atoms with van der Waals surface area (Å²) in [6.45, 7) is 5.92. The van der Waals surface area contributed by atoms with Gasteiger partial charge in [-0.3, -0.25) is 4.90 Å². The Balaban J connectivity index is 2.29. The Bertz CT molecular complexity index is 567. The molecular formula is C17H25NO5. The number of ether oxygens (including phenoxy) is 3. The van der Waals surface area contributed by atoms with E-state index in [9.17, 15) is 9.90 Å². The molecule has 6 nitrogen and oxygen atoms in total. The number of carbonyl (C=O) groups excluding carboxylic acids is 1. The van der Waals surface area contributed by atoms with Gasteiger partial charge in [0.1, 0.15) is 5.60 Å². The molecule has 1 aliphatic heterocycles. The maximum Gasteiger partial charge on any atom is 0.410 e. The topological polar surface area (TPSA) is 68.2 Å². The number of rotatable bonds is 3. The minimum atomic E-state index is -0.638. The van der Waals surface area contributed by atoms with Gasteiger partial charge in [-0.25, -0.2) is 4.79 Å². The van der Waals surface area contributed by atoms with Gasteiger partial charge in [0.15, 0.2) is 11.5 Å². The summed E-state index contributed by atoms with van der Waals surface area (Å²) in [4.78, 5) is 14.0. The molecule has 0 unspecified atom stereocenters. The van der Waals surface area contributed by atoms with Crippen LogP contribution in [0.1, 0.15) is 38.8 Å². The number of aliphatic hydroxyl groups is 1. The third-order valence-corrected chi connectivity index (χ3v) is 3.74. The van der Waals surface area contributed by atoms with Gasteiger partial charge in [0.05, 0.1) is 26.4 Å². The summed E-state index contributed by atoms with van der Waals surface area (Å²) in [5, 5.41) is 10.3. The van der Waals surface area contributed by atoms with Crippen LogP contribution in [0.3, 0.4) is 0 Å². The van der Waals surface area contributed by atoms with E-state index in [1.807, 2.05) is 26.8 Å². The molecule has 1 amide bonds. The first-order valence-corrected chi connectivity index (χ1v) is 7.66. The normalized spacial score (nSPS) is 21.2. The second-order valence-corrected chi connectivity index (χ2v) is 6.59. The van der Waals surface area contributed by atoms with E-state index in [2.05, 4.69) is 0 Å². The fourth-order valence-corrected chi connectivity index (χ4v) is 2.74. The number of hydrogen-bond acceptors (Lipinski definition) is 5. The quantitative estimate of drug-likeness (QED) is 0.926. The summed E-state index contributed by atoms with van der Waals surface area (Å²) in [6, 6.07) is 4.93. The van der Waals surface area contributed by atoms with E-state index in [0.717, 1.165) is 5.56 Å². The molecule has 0 aromatic heterocycles. The Kier molecular flexibility index (Phi) is 5.04. The van der Waals surface area contributed by atoms with Crippen LogP contribution in [0.15, 0.2) is 18.2 Å². The van der Waals surface area contributed by atoms with Gasteiger partial charge in [0.25, 0.3) is 0 Å². The standard InChI is InChI=1S/C17H25NO5/c1-17(2,3)23-16(20)18-9-8-12(19)15(18)11-6-7-13(21-4)14(10-11)22-5/h6-7,10,12,15,19H,8-9H2,1-5H3/t12-,15-/m0/s1. The van der Waals surface area contributed by atoms with Crippen molar-refractivity contribution in [3.05, 3.63) is 23.8 Å². The molecule has 2 atom stereocenters. The first-order chi connectivity index (χ1) is 10.8. The third kappa shape index (κ3) is 3.88. The van der Waals surface area contributed by atoms with E-state index >= 15 is 0 Å². The van der Waals surface area contributed by atoms with Crippen molar-refractivity contribution in [3.8, 4) is 11.5 Å². The molecule has 1 N–H and O–H groups in total. The van der Waals surface area contributed by atoms with E-state index in [0.29, 0.717) is 24.5 Å². The van der Waals surface area contributed by atoms with Crippen molar-refractivity contribution >= 4 is 6.09 Å². The van der Waals surface area contributed by atoms with Gasteiger partial charge in [-0.1, -0.05) is 6.07 Å². The highest BCUT2D eigenvalue weighted by Crippen LogP contribution is 2.37. The highest BCUT2D eigenvalue weighted by Gasteiger charge is 2.39. The van der Waals surface area contributed by atoms with Crippen molar-refractivity contribution < 1.29 is 24.1 Å². The monoisotopic (exact) mass is 323 g/mol. The summed E-state index contributed by atoms with van der Waals surface area (Å²) < 4.78 is 16.0. The fraction of sp³-hybridized carbons (Fsp3) is 0.588. The second kappa shape index (κ2) is 6.66. The average molecular weight is 323 g/mol. The Hall–Kier alpha value is -1.95. The predicted octanol–water partition coefficient (Wildman–Crippen LogP) is 2.75. The molecule has 128 valence electrons. The van der Waals surface area contributed by atoms with Crippen LogP contribution in [-0.2, 0) is 4.74 Å². The zero-order valence-corrected chi connectivity index (χ0v) is 14.3. The molecule has 1 aromatic carbocycles. The minimum absolute atomic E-state index is 0.422. The summed E-state index contributed by atoms with van der Waals surface area (Å²) in [6.07, 6.45) is -0.549. The van der Waals surface area contributed by atoms with Crippen LogP contribution in [0.4, 0.5) is 4.79 Å². The molecule has 2 rings (SSSR count). The molecule has 1 aromatic rings. The molecule has 0 spiro atoms. The lowest BCUT2D eigenvalue weighted by molar-refractivity contribution is 0.0152. The number of nitrogens with zero attached hydrogens (tertiary/aromatic N) is 1. The van der Waals surface area contributed by atoms with Crippen LogP contribution in [-0.4, -0.2) is 48.6 Å². The Labute approximate surface area is 136 Å². The first kappa shape index (κ1) is 17.4. The highest BCUT2D eigenvalue weighted by atomic mass is 16.6. The van der Waals surface area contributed by atoms with Gasteiger partial charge in [0.2, 0.25) is 0 Å². The van der Waals surface area contributed by atoms with Gasteiger partial charge >= 0.3 is 6.09 Å². The number of carbonyl (C=O) groups is 1. The fourth-order valence-electron chi connectivity index (χ4n) is 2.74. The highest BCUT2D eigenvalue weighted by molar-refractivity contribution is 5.69. The van der Waals surface area contributed by atoms with Gasteiger partial charge in [-0.05, 0) is 44.9 Å². The molecule has 23 heavy (non-hydrogen) atoms. The maximum atomic E-state index is 12.4. The lowest BCUT2D eigenvalue weighted by Crippen LogP contribution is -2.38. The lowest BCUT2D eigenvalue weighted by atomic mass is 10.0. The third-order valence-electron chi connectivity index (χ3n) is 3.74. The molecule has 1 saturated heterocycles. The summed E-state index contributed by atoms with van der Waals surface area (Å²) >= 11 is 0. The van der Waals surface area contributed by atoms with Crippen molar-refractivity contribution in [2.24, 2.45) is 0 Å². The summed E-state index contributed by atoms with van der Waals surface area (Å²) in [5.41, 5.74) is 0.214. The largest absolute Gasteiger partial charge is 0.493 e. The molecule has 0 bridgehead atoms. The Morgan fingerprint density at radius 3 is 2.43 bits per heavy atom. The zero-order valence-electron chi connectivity index (χ0n) is 14.3. The first-order valence-electron chi connectivity index (χ1n) is 7.66. The van der Waals surface area contributed by atoms with Gasteiger partial charge in [-0.2, -0.15) is 0 Å². The molecule has 1 fully saturated rings. The van der Waals surface area contributed by atoms with E-state index in [4.69, 9.17) is 14.2 Å². The van der Waals surface area contributed by atoms with E-state index in [1.54, 1.807) is 31.3 Å². The molecule has 6 heteroatoms. The van der Waals surface area contributed by atoms with Crippen LogP contribution in [0.25, 0.3) is 0 Å². The zero-order chi connectivity index (χ0) is 17.2. The number of hydrogen-bond donors (Lipinski definition) is 1. The van der Waals surface area contributed by atoms with E-state index in [-0.39, 0.29) is 0 Å². The van der Waals surface area contributed by atoms with Gasteiger partial charge in [0, 0.05) is 6.54 Å². The van der Waals surface area contributed by atoms with Crippen LogP contribution in [0.2, 0.25) is 0 Å². The van der Waals surface area contributed by atoms with Crippen LogP contribution in [0, 0.1) is 0 Å². The summed E-state index contributed by atoms with van der Waals surface area (Å²) in [5.74, 6) is 1.17. The molecule has 1 heterocycles. The number of amides is 1. The number of benzene rings is 1. The molecular weight excluding hydrogens is 298 g/mol.